The lowest BCUT2D eigenvalue weighted by Crippen LogP contribution is -2.39. The molecular formula is C17H17Cl2NO5S. The number of rotatable bonds is 8. The van der Waals surface area contributed by atoms with Crippen LogP contribution in [-0.4, -0.2) is 33.6 Å². The van der Waals surface area contributed by atoms with E-state index < -0.39 is 22.0 Å². The third-order valence-corrected chi connectivity index (χ3v) is 5.50. The molecule has 0 aromatic heterocycles. The number of halogens is 2. The van der Waals surface area contributed by atoms with Crippen LogP contribution in [0.3, 0.4) is 0 Å². The van der Waals surface area contributed by atoms with Crippen molar-refractivity contribution in [2.45, 2.75) is 17.9 Å². The summed E-state index contributed by atoms with van der Waals surface area (Å²) in [6.07, 6.45) is 0. The molecule has 1 atom stereocenters. The molecule has 26 heavy (non-hydrogen) atoms. The molecule has 0 spiro atoms. The highest BCUT2D eigenvalue weighted by Crippen LogP contribution is 2.24. The first-order valence-corrected chi connectivity index (χ1v) is 9.85. The molecule has 0 saturated carbocycles. The SMILES string of the molecule is C[C@H](NS(=O)(=O)c1ccc(Cl)c(Cl)c1)C(=O)OCCOc1ccccc1. The van der Waals surface area contributed by atoms with E-state index in [0.29, 0.717) is 5.75 Å². The number of ether oxygens (including phenoxy) is 2. The first kappa shape index (κ1) is 20.5. The molecule has 1 N–H and O–H groups in total. The van der Waals surface area contributed by atoms with E-state index in [0.717, 1.165) is 0 Å². The minimum absolute atomic E-state index is 0.00737. The third kappa shape index (κ3) is 5.88. The molecule has 0 radical (unpaired) electrons. The van der Waals surface area contributed by atoms with Gasteiger partial charge >= 0.3 is 5.97 Å². The van der Waals surface area contributed by atoms with Crippen LogP contribution in [0.15, 0.2) is 53.4 Å². The van der Waals surface area contributed by atoms with Crippen molar-refractivity contribution >= 4 is 39.2 Å². The summed E-state index contributed by atoms with van der Waals surface area (Å²) in [5.41, 5.74) is 0. The molecule has 0 fully saturated rings. The second-order valence-corrected chi connectivity index (χ2v) is 7.78. The fraction of sp³-hybridized carbons (Fsp3) is 0.235. The molecule has 0 aliphatic rings. The second-order valence-electron chi connectivity index (χ2n) is 5.25. The maximum absolute atomic E-state index is 12.3. The maximum Gasteiger partial charge on any atom is 0.324 e. The minimum Gasteiger partial charge on any atom is -0.490 e. The number of hydrogen-bond acceptors (Lipinski definition) is 5. The van der Waals surface area contributed by atoms with Crippen LogP contribution in [0, 0.1) is 0 Å². The zero-order chi connectivity index (χ0) is 19.2. The Morgan fingerprint density at radius 3 is 2.42 bits per heavy atom. The first-order valence-electron chi connectivity index (χ1n) is 7.61. The first-order chi connectivity index (χ1) is 12.3. The summed E-state index contributed by atoms with van der Waals surface area (Å²) >= 11 is 11.6. The Bertz CT molecular complexity index is 859. The number of esters is 1. The van der Waals surface area contributed by atoms with Gasteiger partial charge in [-0.2, -0.15) is 4.72 Å². The Hall–Kier alpha value is -1.80. The number of para-hydroxylation sites is 1. The van der Waals surface area contributed by atoms with Crippen molar-refractivity contribution in [1.82, 2.24) is 4.72 Å². The molecule has 0 unspecified atom stereocenters. The maximum atomic E-state index is 12.3. The van der Waals surface area contributed by atoms with Gasteiger partial charge in [0.25, 0.3) is 0 Å². The number of nitrogens with one attached hydrogen (secondary N) is 1. The minimum atomic E-state index is -3.94. The van der Waals surface area contributed by atoms with E-state index in [-0.39, 0.29) is 28.2 Å². The smallest absolute Gasteiger partial charge is 0.324 e. The summed E-state index contributed by atoms with van der Waals surface area (Å²) in [4.78, 5) is 11.8. The van der Waals surface area contributed by atoms with E-state index in [2.05, 4.69) is 4.72 Å². The highest BCUT2D eigenvalue weighted by Gasteiger charge is 2.23. The summed E-state index contributed by atoms with van der Waals surface area (Å²) in [7, 11) is -3.94. The van der Waals surface area contributed by atoms with Crippen LogP contribution in [0.5, 0.6) is 5.75 Å². The summed E-state index contributed by atoms with van der Waals surface area (Å²) in [5.74, 6) is -0.0674. The van der Waals surface area contributed by atoms with Gasteiger partial charge in [-0.3, -0.25) is 4.79 Å². The lowest BCUT2D eigenvalue weighted by atomic mass is 10.3. The zero-order valence-electron chi connectivity index (χ0n) is 13.8. The molecule has 0 saturated heterocycles. The van der Waals surface area contributed by atoms with Crippen molar-refractivity contribution in [3.05, 3.63) is 58.6 Å². The molecule has 140 valence electrons. The highest BCUT2D eigenvalue weighted by atomic mass is 35.5. The number of sulfonamides is 1. The fourth-order valence-electron chi connectivity index (χ4n) is 1.94. The number of benzene rings is 2. The second kappa shape index (κ2) is 9.23. The van der Waals surface area contributed by atoms with Crippen LogP contribution in [0.4, 0.5) is 0 Å². The van der Waals surface area contributed by atoms with E-state index in [1.54, 1.807) is 12.1 Å². The van der Waals surface area contributed by atoms with Crippen LogP contribution in [-0.2, 0) is 19.6 Å². The van der Waals surface area contributed by atoms with Gasteiger partial charge < -0.3 is 9.47 Å². The van der Waals surface area contributed by atoms with Crippen LogP contribution in [0.25, 0.3) is 0 Å². The number of hydrogen-bond donors (Lipinski definition) is 1. The Kier molecular flexibility index (Phi) is 7.28. The standard InChI is InChI=1S/C17H17Cl2NO5S/c1-12(17(21)25-10-9-24-13-5-3-2-4-6-13)20-26(22,23)14-7-8-15(18)16(19)11-14/h2-8,11-12,20H,9-10H2,1H3/t12-/m0/s1. The van der Waals surface area contributed by atoms with Crippen LogP contribution in [0.2, 0.25) is 10.0 Å². The van der Waals surface area contributed by atoms with Gasteiger partial charge in [-0.25, -0.2) is 8.42 Å². The third-order valence-electron chi connectivity index (χ3n) is 3.23. The number of carbonyl (C=O) groups excluding carboxylic acids is 1. The van der Waals surface area contributed by atoms with Crippen molar-refractivity contribution in [2.24, 2.45) is 0 Å². The molecule has 6 nitrogen and oxygen atoms in total. The highest BCUT2D eigenvalue weighted by molar-refractivity contribution is 7.89. The van der Waals surface area contributed by atoms with Gasteiger partial charge in [0.05, 0.1) is 14.9 Å². The van der Waals surface area contributed by atoms with Crippen LogP contribution < -0.4 is 9.46 Å². The predicted octanol–water partition coefficient (Wildman–Crippen LogP) is 3.28. The molecule has 0 amide bonds. The topological polar surface area (TPSA) is 81.7 Å². The Morgan fingerprint density at radius 2 is 1.77 bits per heavy atom. The molecule has 9 heteroatoms. The average molecular weight is 418 g/mol. The van der Waals surface area contributed by atoms with Crippen molar-refractivity contribution in [3.63, 3.8) is 0 Å². The Balaban J connectivity index is 1.84. The largest absolute Gasteiger partial charge is 0.490 e. The summed E-state index contributed by atoms with van der Waals surface area (Å²) in [5, 5.41) is 0.333. The van der Waals surface area contributed by atoms with Gasteiger partial charge in [0, 0.05) is 0 Å². The molecule has 2 aromatic rings. The van der Waals surface area contributed by atoms with Gasteiger partial charge in [0.15, 0.2) is 0 Å². The quantitative estimate of drug-likeness (QED) is 0.526. The van der Waals surface area contributed by atoms with E-state index in [9.17, 15) is 13.2 Å². The number of carbonyl (C=O) groups is 1. The van der Waals surface area contributed by atoms with Gasteiger partial charge in [-0.15, -0.1) is 0 Å². The van der Waals surface area contributed by atoms with E-state index in [1.807, 2.05) is 18.2 Å². The predicted molar refractivity (Wildman–Crippen MR) is 99.1 cm³/mol. The molecule has 0 bridgehead atoms. The monoisotopic (exact) mass is 417 g/mol. The van der Waals surface area contributed by atoms with Crippen molar-refractivity contribution < 1.29 is 22.7 Å². The van der Waals surface area contributed by atoms with E-state index >= 15 is 0 Å². The van der Waals surface area contributed by atoms with Crippen molar-refractivity contribution in [2.75, 3.05) is 13.2 Å². The molecule has 0 heterocycles. The van der Waals surface area contributed by atoms with E-state index in [4.69, 9.17) is 32.7 Å². The van der Waals surface area contributed by atoms with Crippen LogP contribution in [0.1, 0.15) is 6.92 Å². The molecular weight excluding hydrogens is 401 g/mol. The summed E-state index contributed by atoms with van der Waals surface area (Å²) < 4.78 is 37.2. The lowest BCUT2D eigenvalue weighted by molar-refractivity contribution is -0.145. The molecule has 0 aliphatic heterocycles. The normalized spacial score (nSPS) is 12.4. The lowest BCUT2D eigenvalue weighted by Gasteiger charge is -2.14. The Morgan fingerprint density at radius 1 is 1.08 bits per heavy atom. The van der Waals surface area contributed by atoms with Gasteiger partial charge in [0.1, 0.15) is 25.0 Å². The van der Waals surface area contributed by atoms with E-state index in [1.165, 1.54) is 25.1 Å². The summed E-state index contributed by atoms with van der Waals surface area (Å²) in [6.45, 7) is 1.53. The van der Waals surface area contributed by atoms with Crippen LogP contribution >= 0.6 is 23.2 Å². The van der Waals surface area contributed by atoms with Gasteiger partial charge in [-0.05, 0) is 37.3 Å². The molecule has 2 aromatic carbocycles. The fourth-order valence-corrected chi connectivity index (χ4v) is 3.52. The van der Waals surface area contributed by atoms with Crippen molar-refractivity contribution in [3.8, 4) is 5.75 Å². The average Bonchev–Trinajstić information content (AvgIpc) is 2.61. The molecule has 0 aliphatic carbocycles. The van der Waals surface area contributed by atoms with Gasteiger partial charge in [-0.1, -0.05) is 41.4 Å². The van der Waals surface area contributed by atoms with Gasteiger partial charge in [0.2, 0.25) is 10.0 Å². The summed E-state index contributed by atoms with van der Waals surface area (Å²) in [6, 6.07) is 11.8. The molecule has 2 rings (SSSR count). The van der Waals surface area contributed by atoms with Crippen molar-refractivity contribution in [1.29, 1.82) is 0 Å². The zero-order valence-corrected chi connectivity index (χ0v) is 16.1. The Labute approximate surface area is 162 Å².